The molecular formula is C17H17F2NO. The van der Waals surface area contributed by atoms with E-state index < -0.39 is 6.43 Å². The smallest absolute Gasteiger partial charge is 0.263 e. The molecule has 0 aliphatic carbocycles. The summed E-state index contributed by atoms with van der Waals surface area (Å²) in [4.78, 5) is 5.21. The van der Waals surface area contributed by atoms with Crippen LogP contribution in [-0.4, -0.2) is 6.21 Å². The molecule has 0 radical (unpaired) electrons. The predicted octanol–water partition coefficient (Wildman–Crippen LogP) is 4.74. The average molecular weight is 289 g/mol. The van der Waals surface area contributed by atoms with E-state index in [0.717, 1.165) is 12.0 Å². The third-order valence-electron chi connectivity index (χ3n) is 3.07. The first-order valence-electron chi connectivity index (χ1n) is 6.80. The molecule has 2 aromatic rings. The third kappa shape index (κ3) is 4.67. The first kappa shape index (κ1) is 15.2. The van der Waals surface area contributed by atoms with Gasteiger partial charge in [0.1, 0.15) is 6.61 Å². The lowest BCUT2D eigenvalue weighted by Gasteiger charge is -2.03. The fourth-order valence-electron chi connectivity index (χ4n) is 1.92. The molecule has 0 N–H and O–H groups in total. The lowest BCUT2D eigenvalue weighted by atomic mass is 10.1. The van der Waals surface area contributed by atoms with Crippen molar-refractivity contribution in [1.29, 1.82) is 0 Å². The highest BCUT2D eigenvalue weighted by Crippen LogP contribution is 2.18. The number of hydrogen-bond acceptors (Lipinski definition) is 2. The largest absolute Gasteiger partial charge is 0.391 e. The molecule has 110 valence electrons. The van der Waals surface area contributed by atoms with E-state index in [1.807, 2.05) is 12.1 Å². The summed E-state index contributed by atoms with van der Waals surface area (Å²) in [6.45, 7) is 2.45. The Morgan fingerprint density at radius 3 is 2.62 bits per heavy atom. The monoisotopic (exact) mass is 289 g/mol. The number of alkyl halides is 2. The second kappa shape index (κ2) is 7.53. The van der Waals surface area contributed by atoms with E-state index in [2.05, 4.69) is 24.2 Å². The minimum atomic E-state index is -2.48. The van der Waals surface area contributed by atoms with Gasteiger partial charge in [-0.3, -0.25) is 0 Å². The number of nitrogens with zero attached hydrogens (tertiary/aromatic N) is 1. The van der Waals surface area contributed by atoms with Crippen LogP contribution in [0.3, 0.4) is 0 Å². The lowest BCUT2D eigenvalue weighted by Crippen LogP contribution is -1.91. The van der Waals surface area contributed by atoms with Crippen LogP contribution in [0.5, 0.6) is 0 Å². The first-order chi connectivity index (χ1) is 10.2. The summed E-state index contributed by atoms with van der Waals surface area (Å²) in [5, 5.41) is 3.82. The second-order valence-electron chi connectivity index (χ2n) is 4.65. The van der Waals surface area contributed by atoms with Crippen LogP contribution < -0.4 is 0 Å². The van der Waals surface area contributed by atoms with Gasteiger partial charge < -0.3 is 4.84 Å². The Morgan fingerprint density at radius 1 is 1.10 bits per heavy atom. The molecule has 0 heterocycles. The number of benzene rings is 2. The van der Waals surface area contributed by atoms with Crippen LogP contribution in [0.4, 0.5) is 8.78 Å². The Kier molecular flexibility index (Phi) is 5.43. The van der Waals surface area contributed by atoms with Crippen LogP contribution in [0.2, 0.25) is 0 Å². The van der Waals surface area contributed by atoms with Gasteiger partial charge in [0.15, 0.2) is 0 Å². The van der Waals surface area contributed by atoms with E-state index in [1.54, 1.807) is 12.1 Å². The number of halogens is 2. The molecule has 0 fully saturated rings. The number of oxime groups is 1. The van der Waals surface area contributed by atoms with E-state index >= 15 is 0 Å². The second-order valence-corrected chi connectivity index (χ2v) is 4.65. The molecule has 0 aliphatic rings. The van der Waals surface area contributed by atoms with Crippen molar-refractivity contribution in [2.45, 2.75) is 26.4 Å². The molecule has 0 unspecified atom stereocenters. The summed E-state index contributed by atoms with van der Waals surface area (Å²) < 4.78 is 25.1. The van der Waals surface area contributed by atoms with Crippen LogP contribution in [0, 0.1) is 0 Å². The quantitative estimate of drug-likeness (QED) is 0.556. The molecule has 0 aliphatic heterocycles. The van der Waals surface area contributed by atoms with Crippen molar-refractivity contribution in [3.63, 3.8) is 0 Å². The van der Waals surface area contributed by atoms with Crippen LogP contribution in [0.1, 0.15) is 35.6 Å². The third-order valence-corrected chi connectivity index (χ3v) is 3.07. The number of rotatable bonds is 6. The maximum absolute atomic E-state index is 12.6. The van der Waals surface area contributed by atoms with Gasteiger partial charge in [0.2, 0.25) is 0 Å². The van der Waals surface area contributed by atoms with Gasteiger partial charge in [-0.15, -0.1) is 0 Å². The van der Waals surface area contributed by atoms with E-state index in [0.29, 0.717) is 12.2 Å². The van der Waals surface area contributed by atoms with Crippen molar-refractivity contribution in [2.75, 3.05) is 0 Å². The molecule has 0 amide bonds. The lowest BCUT2D eigenvalue weighted by molar-refractivity contribution is 0.132. The normalized spacial score (nSPS) is 11.2. The van der Waals surface area contributed by atoms with Crippen molar-refractivity contribution >= 4 is 6.21 Å². The van der Waals surface area contributed by atoms with Gasteiger partial charge in [-0.2, -0.15) is 0 Å². The summed E-state index contributed by atoms with van der Waals surface area (Å²) >= 11 is 0. The van der Waals surface area contributed by atoms with Gasteiger partial charge in [-0.25, -0.2) is 8.78 Å². The Labute approximate surface area is 123 Å². The Morgan fingerprint density at radius 2 is 1.86 bits per heavy atom. The Bertz CT molecular complexity index is 611. The highest BCUT2D eigenvalue weighted by atomic mass is 19.3. The van der Waals surface area contributed by atoms with Gasteiger partial charge in [0.25, 0.3) is 6.43 Å². The summed E-state index contributed by atoms with van der Waals surface area (Å²) in [6, 6.07) is 14.1. The molecule has 0 aromatic heterocycles. The van der Waals surface area contributed by atoms with E-state index in [4.69, 9.17) is 4.84 Å². The molecular weight excluding hydrogens is 272 g/mol. The van der Waals surface area contributed by atoms with Gasteiger partial charge in [0, 0.05) is 5.56 Å². The molecule has 2 nitrogen and oxygen atoms in total. The standard InChI is InChI=1S/C17H17F2NO/c1-2-13-5-3-7-15(9-13)12-21-20-11-14-6-4-8-16(10-14)17(18)19/h3-11,17H,2,12H2,1H3. The maximum atomic E-state index is 12.6. The molecule has 4 heteroatoms. The van der Waals surface area contributed by atoms with Crippen LogP contribution in [0.25, 0.3) is 0 Å². The molecule has 0 spiro atoms. The SMILES string of the molecule is CCc1cccc(CON=Cc2cccc(C(F)F)c2)c1. The summed E-state index contributed by atoms with van der Waals surface area (Å²) in [5.74, 6) is 0. The Balaban J connectivity index is 1.91. The van der Waals surface area contributed by atoms with Crippen LogP contribution in [-0.2, 0) is 17.9 Å². The fraction of sp³-hybridized carbons (Fsp3) is 0.235. The van der Waals surface area contributed by atoms with Crippen molar-refractivity contribution in [3.8, 4) is 0 Å². The molecule has 2 aromatic carbocycles. The van der Waals surface area contributed by atoms with Crippen molar-refractivity contribution in [2.24, 2.45) is 5.16 Å². The summed E-state index contributed by atoms with van der Waals surface area (Å²) in [7, 11) is 0. The van der Waals surface area contributed by atoms with Crippen molar-refractivity contribution in [1.82, 2.24) is 0 Å². The molecule has 0 atom stereocenters. The predicted molar refractivity (Wildman–Crippen MR) is 79.6 cm³/mol. The molecule has 0 saturated heterocycles. The minimum Gasteiger partial charge on any atom is -0.391 e. The first-order valence-corrected chi connectivity index (χ1v) is 6.80. The number of aryl methyl sites for hydroxylation is 1. The molecule has 2 rings (SSSR count). The Hall–Kier alpha value is -2.23. The number of hydrogen-bond donors (Lipinski definition) is 0. The summed E-state index contributed by atoms with van der Waals surface area (Å²) in [6.07, 6.45) is -0.0661. The highest BCUT2D eigenvalue weighted by Gasteiger charge is 2.05. The van der Waals surface area contributed by atoms with E-state index in [1.165, 1.54) is 23.9 Å². The highest BCUT2D eigenvalue weighted by molar-refractivity contribution is 5.79. The van der Waals surface area contributed by atoms with Gasteiger partial charge in [0.05, 0.1) is 6.21 Å². The summed E-state index contributed by atoms with van der Waals surface area (Å²) in [5.41, 5.74) is 2.85. The van der Waals surface area contributed by atoms with Crippen molar-refractivity contribution in [3.05, 3.63) is 70.8 Å². The average Bonchev–Trinajstić information content (AvgIpc) is 2.52. The van der Waals surface area contributed by atoms with Gasteiger partial charge >= 0.3 is 0 Å². The molecule has 21 heavy (non-hydrogen) atoms. The maximum Gasteiger partial charge on any atom is 0.263 e. The molecule has 0 saturated carbocycles. The van der Waals surface area contributed by atoms with E-state index in [9.17, 15) is 8.78 Å². The van der Waals surface area contributed by atoms with E-state index in [-0.39, 0.29) is 5.56 Å². The topological polar surface area (TPSA) is 21.6 Å². The van der Waals surface area contributed by atoms with Gasteiger partial charge in [-0.1, -0.05) is 54.5 Å². The zero-order valence-electron chi connectivity index (χ0n) is 11.8. The zero-order valence-corrected chi connectivity index (χ0v) is 11.8. The van der Waals surface area contributed by atoms with Crippen LogP contribution >= 0.6 is 0 Å². The fourth-order valence-corrected chi connectivity index (χ4v) is 1.92. The van der Waals surface area contributed by atoms with Crippen molar-refractivity contribution < 1.29 is 13.6 Å². The van der Waals surface area contributed by atoms with Gasteiger partial charge in [-0.05, 0) is 29.2 Å². The zero-order chi connectivity index (χ0) is 15.1. The van der Waals surface area contributed by atoms with Crippen LogP contribution in [0.15, 0.2) is 53.7 Å². The minimum absolute atomic E-state index is 0.0189. The molecule has 0 bridgehead atoms.